The van der Waals surface area contributed by atoms with Gasteiger partial charge in [0.05, 0.1) is 0 Å². The number of hydrogen-bond donors (Lipinski definition) is 2. The topological polar surface area (TPSA) is 72.2 Å². The Morgan fingerprint density at radius 2 is 1.95 bits per heavy atom. The second-order valence-corrected chi connectivity index (χ2v) is 6.45. The molecule has 0 aliphatic rings. The number of halogens is 1. The van der Waals surface area contributed by atoms with Gasteiger partial charge in [-0.3, -0.25) is 4.72 Å². The lowest BCUT2D eigenvalue weighted by Gasteiger charge is -2.11. The van der Waals surface area contributed by atoms with Crippen LogP contribution < -0.4 is 10.5 Å². The van der Waals surface area contributed by atoms with Crippen molar-refractivity contribution in [2.24, 2.45) is 0 Å². The fourth-order valence-corrected chi connectivity index (χ4v) is 3.08. The lowest BCUT2D eigenvalue weighted by molar-refractivity contribution is 0.570. The largest absolute Gasteiger partial charge is 0.398 e. The monoisotopic (exact) mass is 308 g/mol. The van der Waals surface area contributed by atoms with Crippen LogP contribution in [0.25, 0.3) is 0 Å². The quantitative estimate of drug-likeness (QED) is 0.853. The van der Waals surface area contributed by atoms with Crippen LogP contribution in [0.5, 0.6) is 0 Å². The van der Waals surface area contributed by atoms with Crippen molar-refractivity contribution in [2.75, 3.05) is 10.5 Å². The molecule has 0 heterocycles. The third-order valence-electron chi connectivity index (χ3n) is 3.20. The van der Waals surface area contributed by atoms with E-state index in [-0.39, 0.29) is 5.69 Å². The highest BCUT2D eigenvalue weighted by molar-refractivity contribution is 7.92. The molecule has 2 rings (SSSR count). The molecule has 3 N–H and O–H groups in total. The molecule has 0 saturated heterocycles. The molecule has 0 unspecified atom stereocenters. The summed E-state index contributed by atoms with van der Waals surface area (Å²) in [5, 5.41) is 0. The second kappa shape index (κ2) is 5.73. The van der Waals surface area contributed by atoms with Crippen molar-refractivity contribution in [1.29, 1.82) is 0 Å². The van der Waals surface area contributed by atoms with Crippen molar-refractivity contribution in [1.82, 2.24) is 0 Å². The maximum Gasteiger partial charge on any atom is 0.264 e. The van der Waals surface area contributed by atoms with Gasteiger partial charge in [0.15, 0.2) is 0 Å². The first-order valence-electron chi connectivity index (χ1n) is 6.51. The molecule has 4 nitrogen and oxygen atoms in total. The van der Waals surface area contributed by atoms with E-state index in [1.807, 2.05) is 13.0 Å². The molecule has 0 atom stereocenters. The molecule has 0 aromatic heterocycles. The molecule has 112 valence electrons. The highest BCUT2D eigenvalue weighted by Crippen LogP contribution is 2.24. The van der Waals surface area contributed by atoms with E-state index in [1.54, 1.807) is 25.1 Å². The Balaban J connectivity index is 2.40. The third-order valence-corrected chi connectivity index (χ3v) is 4.59. The number of benzene rings is 2. The van der Waals surface area contributed by atoms with Crippen LogP contribution in [0.2, 0.25) is 0 Å². The summed E-state index contributed by atoms with van der Waals surface area (Å²) in [6.45, 7) is 3.58. The summed E-state index contributed by atoms with van der Waals surface area (Å²) in [6, 6.07) is 9.22. The molecular formula is C15H17FN2O2S. The number of anilines is 2. The Morgan fingerprint density at radius 1 is 1.24 bits per heavy atom. The zero-order valence-corrected chi connectivity index (χ0v) is 12.7. The van der Waals surface area contributed by atoms with E-state index >= 15 is 0 Å². The van der Waals surface area contributed by atoms with Crippen molar-refractivity contribution in [3.8, 4) is 0 Å². The van der Waals surface area contributed by atoms with Crippen molar-refractivity contribution >= 4 is 21.4 Å². The van der Waals surface area contributed by atoms with Gasteiger partial charge in [0, 0.05) is 11.4 Å². The fraction of sp³-hybridized carbons (Fsp3) is 0.200. The summed E-state index contributed by atoms with van der Waals surface area (Å²) in [4.78, 5) is -0.451. The Morgan fingerprint density at radius 3 is 2.62 bits per heavy atom. The minimum atomic E-state index is -4.01. The van der Waals surface area contributed by atoms with Gasteiger partial charge in [-0.1, -0.05) is 19.1 Å². The van der Waals surface area contributed by atoms with Gasteiger partial charge in [-0.05, 0) is 48.7 Å². The van der Waals surface area contributed by atoms with Gasteiger partial charge in [-0.15, -0.1) is 0 Å². The van der Waals surface area contributed by atoms with Crippen LogP contribution in [-0.4, -0.2) is 8.42 Å². The molecule has 0 aliphatic heterocycles. The third kappa shape index (κ3) is 3.33. The molecule has 0 radical (unpaired) electrons. The molecule has 0 saturated carbocycles. The normalized spacial score (nSPS) is 11.4. The number of rotatable bonds is 4. The first-order valence-corrected chi connectivity index (χ1v) is 7.99. The molecule has 2 aromatic carbocycles. The van der Waals surface area contributed by atoms with Crippen LogP contribution in [0.4, 0.5) is 15.8 Å². The standard InChI is InChI=1S/C15H17FN2O2S/c1-3-11-5-4-6-12(8-11)18-21(19,20)15-9-14(17)10(2)7-13(15)16/h4-9,18H,3,17H2,1-2H3. The van der Waals surface area contributed by atoms with Crippen LogP contribution in [0.1, 0.15) is 18.1 Å². The van der Waals surface area contributed by atoms with Gasteiger partial charge in [0.1, 0.15) is 10.7 Å². The minimum Gasteiger partial charge on any atom is -0.398 e. The first-order chi connectivity index (χ1) is 9.83. The zero-order valence-electron chi connectivity index (χ0n) is 11.9. The van der Waals surface area contributed by atoms with Gasteiger partial charge >= 0.3 is 0 Å². The van der Waals surface area contributed by atoms with E-state index in [0.29, 0.717) is 11.3 Å². The summed E-state index contributed by atoms with van der Waals surface area (Å²) in [5.41, 5.74) is 7.78. The molecule has 0 aliphatic carbocycles. The molecule has 21 heavy (non-hydrogen) atoms. The van der Waals surface area contributed by atoms with E-state index in [9.17, 15) is 12.8 Å². The van der Waals surface area contributed by atoms with Crippen molar-refractivity contribution in [3.05, 3.63) is 53.3 Å². The van der Waals surface area contributed by atoms with E-state index in [2.05, 4.69) is 4.72 Å². The smallest absolute Gasteiger partial charge is 0.264 e. The van der Waals surface area contributed by atoms with Crippen LogP contribution in [0, 0.1) is 12.7 Å². The van der Waals surface area contributed by atoms with Gasteiger partial charge in [0.2, 0.25) is 0 Å². The molecule has 6 heteroatoms. The van der Waals surface area contributed by atoms with E-state index in [4.69, 9.17) is 5.73 Å². The number of aryl methyl sites for hydroxylation is 2. The highest BCUT2D eigenvalue weighted by Gasteiger charge is 2.20. The van der Waals surface area contributed by atoms with Gasteiger partial charge in [0.25, 0.3) is 10.0 Å². The Kier molecular flexibility index (Phi) is 4.18. The minimum absolute atomic E-state index is 0.235. The van der Waals surface area contributed by atoms with Gasteiger partial charge in [-0.25, -0.2) is 12.8 Å². The van der Waals surface area contributed by atoms with E-state index < -0.39 is 20.7 Å². The van der Waals surface area contributed by atoms with Crippen LogP contribution in [0.15, 0.2) is 41.3 Å². The van der Waals surface area contributed by atoms with Crippen LogP contribution >= 0.6 is 0 Å². The average Bonchev–Trinajstić information content (AvgIpc) is 2.42. The summed E-state index contributed by atoms with van der Waals surface area (Å²) in [5.74, 6) is -0.819. The maximum absolute atomic E-state index is 13.9. The number of nitrogen functional groups attached to an aromatic ring is 1. The lowest BCUT2D eigenvalue weighted by atomic mass is 10.1. The lowest BCUT2D eigenvalue weighted by Crippen LogP contribution is -2.15. The van der Waals surface area contributed by atoms with E-state index in [1.165, 1.54) is 0 Å². The van der Waals surface area contributed by atoms with Crippen molar-refractivity contribution in [2.45, 2.75) is 25.2 Å². The summed E-state index contributed by atoms with van der Waals surface area (Å²) < 4.78 is 40.8. The predicted octanol–water partition coefficient (Wildman–Crippen LogP) is 3.08. The molecule has 0 spiro atoms. The summed E-state index contributed by atoms with van der Waals surface area (Å²) >= 11 is 0. The number of nitrogens with two attached hydrogens (primary N) is 1. The molecule has 2 aromatic rings. The van der Waals surface area contributed by atoms with Crippen LogP contribution in [-0.2, 0) is 16.4 Å². The van der Waals surface area contributed by atoms with Gasteiger partial charge in [-0.2, -0.15) is 0 Å². The molecule has 0 fully saturated rings. The average molecular weight is 308 g/mol. The second-order valence-electron chi connectivity index (χ2n) is 4.80. The molecular weight excluding hydrogens is 291 g/mol. The van der Waals surface area contributed by atoms with Crippen molar-refractivity contribution in [3.63, 3.8) is 0 Å². The fourth-order valence-electron chi connectivity index (χ4n) is 1.94. The van der Waals surface area contributed by atoms with Gasteiger partial charge < -0.3 is 5.73 Å². The molecule has 0 bridgehead atoms. The SMILES string of the molecule is CCc1cccc(NS(=O)(=O)c2cc(N)c(C)cc2F)c1. The first kappa shape index (κ1) is 15.3. The summed E-state index contributed by atoms with van der Waals surface area (Å²) in [7, 11) is -4.01. The summed E-state index contributed by atoms with van der Waals surface area (Å²) in [6.07, 6.45) is 0.779. The maximum atomic E-state index is 13.9. The number of sulfonamides is 1. The Hall–Kier alpha value is -2.08. The number of hydrogen-bond acceptors (Lipinski definition) is 3. The zero-order chi connectivity index (χ0) is 15.6. The molecule has 0 amide bonds. The highest BCUT2D eigenvalue weighted by atomic mass is 32.2. The predicted molar refractivity (Wildman–Crippen MR) is 82.2 cm³/mol. The van der Waals surface area contributed by atoms with Crippen molar-refractivity contribution < 1.29 is 12.8 Å². The Labute approximate surface area is 123 Å². The Bertz CT molecular complexity index is 773. The number of nitrogens with one attached hydrogen (secondary N) is 1. The van der Waals surface area contributed by atoms with E-state index in [0.717, 1.165) is 24.1 Å². The van der Waals surface area contributed by atoms with Crippen LogP contribution in [0.3, 0.4) is 0 Å².